The molecule has 0 fully saturated rings. The molecule has 0 spiro atoms. The number of aliphatic hydroxyl groups is 1. The van der Waals surface area contributed by atoms with Gasteiger partial charge in [-0.1, -0.05) is 12.2 Å². The first kappa shape index (κ1) is 8.62. The van der Waals surface area contributed by atoms with Crippen LogP contribution in [0.2, 0.25) is 0 Å². The number of hydrogen-bond donors (Lipinski definition) is 1. The lowest BCUT2D eigenvalue weighted by atomic mass is 10.3. The quantitative estimate of drug-likeness (QED) is 0.207. The first-order valence-corrected chi connectivity index (χ1v) is 2.73. The molecule has 0 saturated carbocycles. The molecule has 54 valence electrons. The summed E-state index contributed by atoms with van der Waals surface area (Å²) >= 11 is 0. The number of carbonyl (C=O) groups is 2. The summed E-state index contributed by atoms with van der Waals surface area (Å²) in [4.78, 5) is 20.0. The number of aldehydes is 1. The van der Waals surface area contributed by atoms with Crippen LogP contribution in [0.15, 0.2) is 24.0 Å². The Bertz CT molecular complexity index is 189. The van der Waals surface area contributed by atoms with Crippen LogP contribution in [0.3, 0.4) is 0 Å². The number of hydrogen-bond acceptors (Lipinski definition) is 3. The zero-order chi connectivity index (χ0) is 7.98. The number of carbonyl (C=O) groups excluding carboxylic acids is 2. The van der Waals surface area contributed by atoms with Crippen LogP contribution in [0.25, 0.3) is 0 Å². The lowest BCUT2D eigenvalue weighted by molar-refractivity contribution is -0.128. The molecule has 0 saturated heterocycles. The van der Waals surface area contributed by atoms with E-state index in [1.165, 1.54) is 6.08 Å². The SMILES string of the molecule is C/C=C\C=C(\O)C(=O)C=O. The molecular formula is C7H8O3. The number of Topliss-reactive ketones (excluding diaryl/α,β-unsaturated/α-hetero) is 1. The third-order valence-electron chi connectivity index (χ3n) is 0.806. The van der Waals surface area contributed by atoms with Crippen molar-refractivity contribution in [2.75, 3.05) is 0 Å². The smallest absolute Gasteiger partial charge is 0.259 e. The van der Waals surface area contributed by atoms with Crippen molar-refractivity contribution in [2.24, 2.45) is 0 Å². The van der Waals surface area contributed by atoms with Crippen LogP contribution in [0.5, 0.6) is 0 Å². The van der Waals surface area contributed by atoms with Crippen molar-refractivity contribution in [3.8, 4) is 0 Å². The zero-order valence-electron chi connectivity index (χ0n) is 5.57. The van der Waals surface area contributed by atoms with Crippen LogP contribution in [0.1, 0.15) is 6.92 Å². The van der Waals surface area contributed by atoms with Crippen LogP contribution in [0, 0.1) is 0 Å². The van der Waals surface area contributed by atoms with Gasteiger partial charge in [0.1, 0.15) is 0 Å². The number of rotatable bonds is 3. The highest BCUT2D eigenvalue weighted by atomic mass is 16.3. The van der Waals surface area contributed by atoms with Gasteiger partial charge in [0.05, 0.1) is 0 Å². The van der Waals surface area contributed by atoms with Gasteiger partial charge in [-0.25, -0.2) is 0 Å². The summed E-state index contributed by atoms with van der Waals surface area (Å²) in [5, 5.41) is 8.68. The Balaban J connectivity index is 4.18. The molecular weight excluding hydrogens is 132 g/mol. The van der Waals surface area contributed by atoms with Gasteiger partial charge in [-0.2, -0.15) is 0 Å². The van der Waals surface area contributed by atoms with E-state index < -0.39 is 11.5 Å². The first-order chi connectivity index (χ1) is 4.72. The Morgan fingerprint density at radius 2 is 2.10 bits per heavy atom. The summed E-state index contributed by atoms with van der Waals surface area (Å²) in [5.41, 5.74) is 0. The first-order valence-electron chi connectivity index (χ1n) is 2.73. The molecule has 0 unspecified atom stereocenters. The van der Waals surface area contributed by atoms with Crippen LogP contribution < -0.4 is 0 Å². The summed E-state index contributed by atoms with van der Waals surface area (Å²) in [6.07, 6.45) is 4.33. The monoisotopic (exact) mass is 140 g/mol. The fourth-order valence-electron chi connectivity index (χ4n) is 0.330. The molecule has 0 aromatic rings. The Hall–Kier alpha value is -1.38. The van der Waals surface area contributed by atoms with Gasteiger partial charge < -0.3 is 5.11 Å². The standard InChI is InChI=1S/C7H8O3/c1-2-3-4-6(9)7(10)5-8/h2-5,9H,1H3/b3-2-,6-4+. The van der Waals surface area contributed by atoms with Crippen molar-refractivity contribution >= 4 is 12.1 Å². The summed E-state index contributed by atoms with van der Waals surface area (Å²) in [7, 11) is 0. The summed E-state index contributed by atoms with van der Waals surface area (Å²) in [6.45, 7) is 1.73. The average Bonchev–Trinajstić information content (AvgIpc) is 1.98. The van der Waals surface area contributed by atoms with Gasteiger partial charge >= 0.3 is 0 Å². The van der Waals surface area contributed by atoms with E-state index in [1.54, 1.807) is 13.0 Å². The normalized spacial score (nSPS) is 11.9. The van der Waals surface area contributed by atoms with E-state index in [0.717, 1.165) is 6.08 Å². The Morgan fingerprint density at radius 3 is 2.50 bits per heavy atom. The predicted molar refractivity (Wildman–Crippen MR) is 36.6 cm³/mol. The van der Waals surface area contributed by atoms with Gasteiger partial charge in [0.15, 0.2) is 12.0 Å². The molecule has 10 heavy (non-hydrogen) atoms. The summed E-state index contributed by atoms with van der Waals surface area (Å²) < 4.78 is 0. The van der Waals surface area contributed by atoms with E-state index in [0.29, 0.717) is 0 Å². The fourth-order valence-corrected chi connectivity index (χ4v) is 0.330. The van der Waals surface area contributed by atoms with E-state index in [4.69, 9.17) is 5.11 Å². The number of allylic oxidation sites excluding steroid dienone is 4. The molecule has 0 radical (unpaired) electrons. The van der Waals surface area contributed by atoms with E-state index in [9.17, 15) is 9.59 Å². The van der Waals surface area contributed by atoms with Crippen LogP contribution in [-0.4, -0.2) is 17.2 Å². The van der Waals surface area contributed by atoms with Crippen molar-refractivity contribution in [3.05, 3.63) is 24.0 Å². The van der Waals surface area contributed by atoms with Gasteiger partial charge in [0.25, 0.3) is 5.78 Å². The largest absolute Gasteiger partial charge is 0.504 e. The van der Waals surface area contributed by atoms with Crippen molar-refractivity contribution in [3.63, 3.8) is 0 Å². The second-order valence-corrected chi connectivity index (χ2v) is 1.56. The molecule has 0 aliphatic rings. The van der Waals surface area contributed by atoms with Crippen LogP contribution in [-0.2, 0) is 9.59 Å². The molecule has 0 atom stereocenters. The van der Waals surface area contributed by atoms with E-state index >= 15 is 0 Å². The minimum Gasteiger partial charge on any atom is -0.504 e. The number of aliphatic hydroxyl groups excluding tert-OH is 1. The molecule has 1 N–H and O–H groups in total. The Labute approximate surface area is 58.7 Å². The fraction of sp³-hybridized carbons (Fsp3) is 0.143. The average molecular weight is 140 g/mol. The number of ketones is 1. The van der Waals surface area contributed by atoms with Crippen molar-refractivity contribution < 1.29 is 14.7 Å². The van der Waals surface area contributed by atoms with E-state index in [-0.39, 0.29) is 6.29 Å². The molecule has 3 nitrogen and oxygen atoms in total. The van der Waals surface area contributed by atoms with Crippen molar-refractivity contribution in [1.82, 2.24) is 0 Å². The van der Waals surface area contributed by atoms with Gasteiger partial charge in [0.2, 0.25) is 0 Å². The third-order valence-corrected chi connectivity index (χ3v) is 0.806. The van der Waals surface area contributed by atoms with E-state index in [1.807, 2.05) is 0 Å². The molecule has 0 amide bonds. The molecule has 3 heteroatoms. The highest BCUT2D eigenvalue weighted by Crippen LogP contribution is 1.88. The molecule has 0 aromatic heterocycles. The lowest BCUT2D eigenvalue weighted by Gasteiger charge is -1.85. The third kappa shape index (κ3) is 2.81. The molecule has 0 aliphatic heterocycles. The maximum atomic E-state index is 10.3. The minimum absolute atomic E-state index is 0.0648. The highest BCUT2D eigenvalue weighted by Gasteiger charge is 2.01. The van der Waals surface area contributed by atoms with Gasteiger partial charge in [0, 0.05) is 0 Å². The summed E-state index contributed by atoms with van der Waals surface area (Å²) in [5.74, 6) is -1.44. The second kappa shape index (κ2) is 4.49. The summed E-state index contributed by atoms with van der Waals surface area (Å²) in [6, 6.07) is 0. The predicted octanol–water partition coefficient (Wildman–Crippen LogP) is 0.772. The topological polar surface area (TPSA) is 54.4 Å². The van der Waals surface area contributed by atoms with Crippen LogP contribution in [0.4, 0.5) is 0 Å². The maximum Gasteiger partial charge on any atom is 0.259 e. The van der Waals surface area contributed by atoms with Crippen molar-refractivity contribution in [1.29, 1.82) is 0 Å². The highest BCUT2D eigenvalue weighted by molar-refractivity contribution is 6.32. The molecule has 0 aromatic carbocycles. The second-order valence-electron chi connectivity index (χ2n) is 1.56. The van der Waals surface area contributed by atoms with E-state index in [2.05, 4.69) is 0 Å². The van der Waals surface area contributed by atoms with Gasteiger partial charge in [-0.05, 0) is 13.0 Å². The molecule has 0 aliphatic carbocycles. The van der Waals surface area contributed by atoms with Gasteiger partial charge in [-0.15, -0.1) is 0 Å². The zero-order valence-corrected chi connectivity index (χ0v) is 5.57. The van der Waals surface area contributed by atoms with Crippen LogP contribution >= 0.6 is 0 Å². The molecule has 0 bridgehead atoms. The lowest BCUT2D eigenvalue weighted by Crippen LogP contribution is -2.01. The maximum absolute atomic E-state index is 10.3. The van der Waals surface area contributed by atoms with Gasteiger partial charge in [-0.3, -0.25) is 9.59 Å². The Kier molecular flexibility index (Phi) is 3.87. The molecule has 0 rings (SSSR count). The minimum atomic E-state index is -0.905. The van der Waals surface area contributed by atoms with Crippen molar-refractivity contribution in [2.45, 2.75) is 6.92 Å². The Morgan fingerprint density at radius 1 is 1.50 bits per heavy atom. The molecule has 0 heterocycles.